The van der Waals surface area contributed by atoms with Crippen LogP contribution in [0.1, 0.15) is 6.92 Å². The van der Waals surface area contributed by atoms with E-state index in [9.17, 15) is 8.42 Å². The van der Waals surface area contributed by atoms with Crippen molar-refractivity contribution >= 4 is 43.1 Å². The lowest BCUT2D eigenvalue weighted by atomic mass is 10.3. The number of hydrogen-bond donors (Lipinski definition) is 2. The molecule has 1 aromatic heterocycles. The predicted octanol–water partition coefficient (Wildman–Crippen LogP) is 1.27. The molecule has 0 fully saturated rings. The summed E-state index contributed by atoms with van der Waals surface area (Å²) in [5.41, 5.74) is 5.39. The first-order valence-electron chi connectivity index (χ1n) is 4.51. The molecule has 9 heteroatoms. The Balaban J connectivity index is 3.07. The van der Waals surface area contributed by atoms with Crippen molar-refractivity contribution in [3.63, 3.8) is 0 Å². The molecule has 0 spiro atoms. The number of amidine groups is 1. The lowest BCUT2D eigenvalue weighted by Crippen LogP contribution is -2.43. The number of sulfonamides is 1. The zero-order chi connectivity index (χ0) is 13.2. The van der Waals surface area contributed by atoms with Gasteiger partial charge in [-0.15, -0.1) is 11.3 Å². The summed E-state index contributed by atoms with van der Waals surface area (Å²) in [5, 5.41) is 11.3. The molecule has 1 atom stereocenters. The van der Waals surface area contributed by atoms with E-state index >= 15 is 0 Å². The minimum atomic E-state index is -3.62. The predicted molar refractivity (Wildman–Crippen MR) is 69.8 cm³/mol. The van der Waals surface area contributed by atoms with Gasteiger partial charge in [0, 0.05) is 7.05 Å². The molecular weight excluding hydrogens is 330 g/mol. The first-order valence-corrected chi connectivity index (χ1v) is 7.56. The summed E-state index contributed by atoms with van der Waals surface area (Å²) >= 11 is 4.30. The van der Waals surface area contributed by atoms with Gasteiger partial charge in [0.2, 0.25) is 0 Å². The van der Waals surface area contributed by atoms with Crippen molar-refractivity contribution in [2.24, 2.45) is 10.9 Å². The van der Waals surface area contributed by atoms with Gasteiger partial charge in [0.05, 0.1) is 9.83 Å². The number of halogens is 1. The van der Waals surface area contributed by atoms with Crippen LogP contribution in [0.4, 0.5) is 0 Å². The van der Waals surface area contributed by atoms with Crippen LogP contribution in [-0.4, -0.2) is 36.9 Å². The molecule has 0 aliphatic carbocycles. The standard InChI is InChI=1S/C8H12BrN3O3S2/c1-5(8(10)11-13)12(2)17(14,15)7-4-3-6(9)16-7/h3-5,13H,1-2H3,(H2,10,11). The van der Waals surface area contributed by atoms with E-state index in [1.165, 1.54) is 20.0 Å². The molecule has 0 amide bonds. The van der Waals surface area contributed by atoms with E-state index in [0.717, 1.165) is 19.4 Å². The monoisotopic (exact) mass is 341 g/mol. The Hall–Kier alpha value is -0.640. The minimum absolute atomic E-state index is 0.160. The van der Waals surface area contributed by atoms with E-state index in [-0.39, 0.29) is 10.0 Å². The van der Waals surface area contributed by atoms with Crippen LogP contribution in [0.5, 0.6) is 0 Å². The van der Waals surface area contributed by atoms with Gasteiger partial charge in [-0.05, 0) is 35.0 Å². The second-order valence-corrected chi connectivity index (χ2v) is 7.97. The third-order valence-corrected chi connectivity index (χ3v) is 6.29. The third-order valence-electron chi connectivity index (χ3n) is 2.27. The summed E-state index contributed by atoms with van der Waals surface area (Å²) in [5.74, 6) is -0.160. The average molecular weight is 342 g/mol. The van der Waals surface area contributed by atoms with Gasteiger partial charge in [-0.3, -0.25) is 0 Å². The van der Waals surface area contributed by atoms with Gasteiger partial charge in [0.15, 0.2) is 5.84 Å². The molecule has 1 aromatic rings. The Bertz CT molecular complexity index is 526. The van der Waals surface area contributed by atoms with E-state index in [2.05, 4.69) is 21.1 Å². The van der Waals surface area contributed by atoms with Crippen LogP contribution in [-0.2, 0) is 10.0 Å². The molecule has 0 bridgehead atoms. The molecule has 0 aliphatic heterocycles. The molecule has 0 saturated heterocycles. The molecule has 0 aromatic carbocycles. The molecule has 1 rings (SSSR count). The fraction of sp³-hybridized carbons (Fsp3) is 0.375. The van der Waals surface area contributed by atoms with E-state index in [1.54, 1.807) is 6.07 Å². The van der Waals surface area contributed by atoms with Gasteiger partial charge in [0.1, 0.15) is 4.21 Å². The van der Waals surface area contributed by atoms with Crippen LogP contribution >= 0.6 is 27.3 Å². The highest BCUT2D eigenvalue weighted by molar-refractivity contribution is 9.11. The maximum atomic E-state index is 12.1. The van der Waals surface area contributed by atoms with E-state index in [0.29, 0.717) is 0 Å². The molecule has 1 heterocycles. The van der Waals surface area contributed by atoms with E-state index in [1.807, 2.05) is 0 Å². The van der Waals surface area contributed by atoms with Gasteiger partial charge in [-0.25, -0.2) is 8.42 Å². The molecule has 3 N–H and O–H groups in total. The first-order chi connectivity index (χ1) is 7.80. The number of likely N-dealkylation sites (N-methyl/N-ethyl adjacent to an activating group) is 1. The van der Waals surface area contributed by atoms with Crippen molar-refractivity contribution in [3.05, 3.63) is 15.9 Å². The molecule has 1 unspecified atom stereocenters. The number of nitrogens with two attached hydrogens (primary N) is 1. The number of oxime groups is 1. The smallest absolute Gasteiger partial charge is 0.252 e. The molecular formula is C8H12BrN3O3S2. The summed E-state index contributed by atoms with van der Waals surface area (Å²) in [6.45, 7) is 1.54. The van der Waals surface area contributed by atoms with E-state index in [4.69, 9.17) is 10.9 Å². The Labute approximate surface area is 112 Å². The first kappa shape index (κ1) is 14.4. The number of rotatable bonds is 4. The highest BCUT2D eigenvalue weighted by Crippen LogP contribution is 2.28. The zero-order valence-electron chi connectivity index (χ0n) is 9.16. The highest BCUT2D eigenvalue weighted by Gasteiger charge is 2.28. The maximum Gasteiger partial charge on any atom is 0.252 e. The van der Waals surface area contributed by atoms with Crippen molar-refractivity contribution in [2.75, 3.05) is 7.05 Å². The van der Waals surface area contributed by atoms with Gasteiger partial charge in [-0.2, -0.15) is 4.31 Å². The summed E-state index contributed by atoms with van der Waals surface area (Å²) in [6, 6.07) is 2.44. The summed E-state index contributed by atoms with van der Waals surface area (Å²) in [4.78, 5) is 0. The van der Waals surface area contributed by atoms with Crippen molar-refractivity contribution in [2.45, 2.75) is 17.2 Å². The summed E-state index contributed by atoms with van der Waals surface area (Å²) in [7, 11) is -2.24. The van der Waals surface area contributed by atoms with Crippen molar-refractivity contribution in [1.29, 1.82) is 0 Å². The number of nitrogens with zero attached hydrogens (tertiary/aromatic N) is 2. The minimum Gasteiger partial charge on any atom is -0.409 e. The maximum absolute atomic E-state index is 12.1. The van der Waals surface area contributed by atoms with Crippen LogP contribution in [0.15, 0.2) is 25.3 Å². The van der Waals surface area contributed by atoms with Crippen LogP contribution < -0.4 is 5.73 Å². The van der Waals surface area contributed by atoms with Gasteiger partial charge >= 0.3 is 0 Å². The van der Waals surface area contributed by atoms with Gasteiger partial charge in [-0.1, -0.05) is 5.16 Å². The molecule has 0 aliphatic rings. The second-order valence-electron chi connectivity index (χ2n) is 3.28. The van der Waals surface area contributed by atoms with Crippen LogP contribution in [0.25, 0.3) is 0 Å². The Kier molecular flexibility index (Phi) is 4.53. The molecule has 0 saturated carbocycles. The zero-order valence-corrected chi connectivity index (χ0v) is 12.4. The topological polar surface area (TPSA) is 96.0 Å². The van der Waals surface area contributed by atoms with Crippen molar-refractivity contribution in [1.82, 2.24) is 4.31 Å². The quantitative estimate of drug-likeness (QED) is 0.373. The van der Waals surface area contributed by atoms with Crippen molar-refractivity contribution in [3.8, 4) is 0 Å². The Morgan fingerprint density at radius 1 is 1.65 bits per heavy atom. The summed E-state index contributed by atoms with van der Waals surface area (Å²) < 4.78 is 26.2. The molecule has 17 heavy (non-hydrogen) atoms. The van der Waals surface area contributed by atoms with Gasteiger partial charge < -0.3 is 10.9 Å². The molecule has 96 valence electrons. The second kappa shape index (κ2) is 5.34. The Morgan fingerprint density at radius 3 is 2.65 bits per heavy atom. The highest BCUT2D eigenvalue weighted by atomic mass is 79.9. The average Bonchev–Trinajstić information content (AvgIpc) is 2.73. The van der Waals surface area contributed by atoms with E-state index < -0.39 is 16.1 Å². The molecule has 6 nitrogen and oxygen atoms in total. The van der Waals surface area contributed by atoms with Crippen LogP contribution in [0.3, 0.4) is 0 Å². The number of hydrogen-bond acceptors (Lipinski definition) is 5. The van der Waals surface area contributed by atoms with Gasteiger partial charge in [0.25, 0.3) is 10.0 Å². The fourth-order valence-corrected chi connectivity index (χ4v) is 4.59. The lowest BCUT2D eigenvalue weighted by molar-refractivity contribution is 0.311. The number of thiophene rings is 1. The SMILES string of the molecule is CC(C(N)=NO)N(C)S(=O)(=O)c1ccc(Br)s1. The van der Waals surface area contributed by atoms with Crippen LogP contribution in [0, 0.1) is 0 Å². The van der Waals surface area contributed by atoms with Crippen LogP contribution in [0.2, 0.25) is 0 Å². The fourth-order valence-electron chi connectivity index (χ4n) is 1.06. The molecule has 0 radical (unpaired) electrons. The van der Waals surface area contributed by atoms with Crippen molar-refractivity contribution < 1.29 is 13.6 Å². The summed E-state index contributed by atoms with van der Waals surface area (Å²) in [6.07, 6.45) is 0. The largest absolute Gasteiger partial charge is 0.409 e. The normalized spacial score (nSPS) is 15.2. The lowest BCUT2D eigenvalue weighted by Gasteiger charge is -2.22. The third kappa shape index (κ3) is 2.97. The Morgan fingerprint density at radius 2 is 2.24 bits per heavy atom.